The molecular formula is C18H22N2O. The van der Waals surface area contributed by atoms with Gasteiger partial charge in [-0.05, 0) is 37.4 Å². The molecule has 1 saturated heterocycles. The molecule has 0 bridgehead atoms. The van der Waals surface area contributed by atoms with Crippen LogP contribution in [0.1, 0.15) is 36.9 Å². The van der Waals surface area contributed by atoms with Crippen molar-refractivity contribution in [3.63, 3.8) is 0 Å². The largest absolute Gasteiger partial charge is 0.478 e. The fourth-order valence-corrected chi connectivity index (χ4v) is 3.03. The van der Waals surface area contributed by atoms with Crippen LogP contribution in [0.25, 0.3) is 0 Å². The van der Waals surface area contributed by atoms with E-state index in [-0.39, 0.29) is 0 Å². The summed E-state index contributed by atoms with van der Waals surface area (Å²) in [5.41, 5.74) is 2.68. The number of hydrogen-bond acceptors (Lipinski definition) is 3. The van der Waals surface area contributed by atoms with Crippen LogP contribution in [0.2, 0.25) is 0 Å². The standard InChI is InChI=1S/C18H22N2O/c1-2-21-18-11-10-16(13-19-18)17-9-6-12-20(17)14-15-7-4-3-5-8-15/h3-5,7-8,10-11,13,17H,2,6,9,12,14H2,1H3. The zero-order valence-corrected chi connectivity index (χ0v) is 12.5. The van der Waals surface area contributed by atoms with Gasteiger partial charge in [0.2, 0.25) is 5.88 Å². The Morgan fingerprint density at radius 2 is 2.05 bits per heavy atom. The average Bonchev–Trinajstić information content (AvgIpc) is 2.98. The lowest BCUT2D eigenvalue weighted by Crippen LogP contribution is -2.22. The van der Waals surface area contributed by atoms with Crippen molar-refractivity contribution in [1.29, 1.82) is 0 Å². The molecule has 2 heterocycles. The Bertz CT molecular complexity index is 553. The first kappa shape index (κ1) is 14.1. The highest BCUT2D eigenvalue weighted by Gasteiger charge is 2.26. The SMILES string of the molecule is CCOc1ccc(C2CCCN2Cc2ccccc2)cn1. The monoisotopic (exact) mass is 282 g/mol. The number of benzene rings is 1. The highest BCUT2D eigenvalue weighted by atomic mass is 16.5. The minimum Gasteiger partial charge on any atom is -0.478 e. The van der Waals surface area contributed by atoms with E-state index in [1.807, 2.05) is 19.2 Å². The van der Waals surface area contributed by atoms with E-state index in [9.17, 15) is 0 Å². The topological polar surface area (TPSA) is 25.4 Å². The van der Waals surface area contributed by atoms with E-state index in [4.69, 9.17) is 4.74 Å². The maximum Gasteiger partial charge on any atom is 0.213 e. The molecule has 0 amide bonds. The summed E-state index contributed by atoms with van der Waals surface area (Å²) in [4.78, 5) is 6.95. The number of aromatic nitrogens is 1. The van der Waals surface area contributed by atoms with Gasteiger partial charge < -0.3 is 4.74 Å². The smallest absolute Gasteiger partial charge is 0.213 e. The summed E-state index contributed by atoms with van der Waals surface area (Å²) in [7, 11) is 0. The summed E-state index contributed by atoms with van der Waals surface area (Å²) in [6.45, 7) is 4.82. The number of hydrogen-bond donors (Lipinski definition) is 0. The van der Waals surface area contributed by atoms with Gasteiger partial charge in [-0.2, -0.15) is 0 Å². The summed E-state index contributed by atoms with van der Waals surface area (Å²) in [6.07, 6.45) is 4.44. The van der Waals surface area contributed by atoms with Crippen molar-refractivity contribution in [1.82, 2.24) is 9.88 Å². The fraction of sp³-hybridized carbons (Fsp3) is 0.389. The fourth-order valence-electron chi connectivity index (χ4n) is 3.03. The molecule has 1 aromatic heterocycles. The van der Waals surface area contributed by atoms with E-state index in [2.05, 4.69) is 46.3 Å². The van der Waals surface area contributed by atoms with Crippen LogP contribution in [0, 0.1) is 0 Å². The van der Waals surface area contributed by atoms with Crippen LogP contribution >= 0.6 is 0 Å². The van der Waals surface area contributed by atoms with Crippen molar-refractivity contribution < 1.29 is 4.74 Å². The maximum atomic E-state index is 5.42. The Labute approximate surface area is 126 Å². The third-order valence-electron chi connectivity index (χ3n) is 4.03. The van der Waals surface area contributed by atoms with Crippen LogP contribution in [0.3, 0.4) is 0 Å². The van der Waals surface area contributed by atoms with Gasteiger partial charge in [0.1, 0.15) is 0 Å². The second-order valence-corrected chi connectivity index (χ2v) is 5.48. The van der Waals surface area contributed by atoms with Gasteiger partial charge >= 0.3 is 0 Å². The maximum absolute atomic E-state index is 5.42. The molecule has 1 atom stereocenters. The molecule has 0 N–H and O–H groups in total. The molecule has 3 heteroatoms. The molecule has 1 fully saturated rings. The van der Waals surface area contributed by atoms with Crippen molar-refractivity contribution in [2.24, 2.45) is 0 Å². The third-order valence-corrected chi connectivity index (χ3v) is 4.03. The van der Waals surface area contributed by atoms with Crippen molar-refractivity contribution in [3.05, 3.63) is 59.8 Å². The second-order valence-electron chi connectivity index (χ2n) is 5.48. The van der Waals surface area contributed by atoms with Gasteiger partial charge in [0.05, 0.1) is 6.61 Å². The first-order valence-electron chi connectivity index (χ1n) is 7.73. The number of pyridine rings is 1. The van der Waals surface area contributed by atoms with Gasteiger partial charge in [-0.1, -0.05) is 36.4 Å². The van der Waals surface area contributed by atoms with Gasteiger partial charge in [-0.3, -0.25) is 4.90 Å². The molecule has 110 valence electrons. The Hall–Kier alpha value is -1.87. The molecule has 1 aromatic carbocycles. The van der Waals surface area contributed by atoms with Crippen LogP contribution < -0.4 is 4.74 Å². The van der Waals surface area contributed by atoms with E-state index < -0.39 is 0 Å². The van der Waals surface area contributed by atoms with Gasteiger partial charge in [-0.25, -0.2) is 4.98 Å². The summed E-state index contributed by atoms with van der Waals surface area (Å²) in [5, 5.41) is 0. The summed E-state index contributed by atoms with van der Waals surface area (Å²) in [5.74, 6) is 0.717. The molecule has 0 saturated carbocycles. The molecule has 3 rings (SSSR count). The van der Waals surface area contributed by atoms with Crippen molar-refractivity contribution in [2.45, 2.75) is 32.4 Å². The number of likely N-dealkylation sites (tertiary alicyclic amines) is 1. The first-order chi connectivity index (χ1) is 10.4. The lowest BCUT2D eigenvalue weighted by atomic mass is 10.1. The first-order valence-corrected chi connectivity index (χ1v) is 7.73. The van der Waals surface area contributed by atoms with Crippen molar-refractivity contribution in [3.8, 4) is 5.88 Å². The lowest BCUT2D eigenvalue weighted by molar-refractivity contribution is 0.247. The molecule has 3 nitrogen and oxygen atoms in total. The van der Waals surface area contributed by atoms with Crippen LogP contribution in [0.5, 0.6) is 5.88 Å². The summed E-state index contributed by atoms with van der Waals surface area (Å²) < 4.78 is 5.42. The number of rotatable bonds is 5. The molecular weight excluding hydrogens is 260 g/mol. The predicted molar refractivity (Wildman–Crippen MR) is 84.2 cm³/mol. The quantitative estimate of drug-likeness (QED) is 0.833. The van der Waals surface area contributed by atoms with Crippen LogP contribution in [-0.4, -0.2) is 23.0 Å². The van der Waals surface area contributed by atoms with Gasteiger partial charge in [0.15, 0.2) is 0 Å². The van der Waals surface area contributed by atoms with E-state index in [0.29, 0.717) is 18.5 Å². The Morgan fingerprint density at radius 1 is 1.19 bits per heavy atom. The molecule has 21 heavy (non-hydrogen) atoms. The van der Waals surface area contributed by atoms with Gasteiger partial charge in [0, 0.05) is 24.8 Å². The minimum atomic E-state index is 0.480. The molecule has 1 aliphatic rings. The molecule has 1 aliphatic heterocycles. The second kappa shape index (κ2) is 6.72. The number of ether oxygens (including phenoxy) is 1. The average molecular weight is 282 g/mol. The van der Waals surface area contributed by atoms with Crippen LogP contribution in [-0.2, 0) is 6.54 Å². The number of nitrogens with zero attached hydrogens (tertiary/aromatic N) is 2. The molecule has 2 aromatic rings. The Kier molecular flexibility index (Phi) is 4.51. The zero-order chi connectivity index (χ0) is 14.5. The Morgan fingerprint density at radius 3 is 2.76 bits per heavy atom. The lowest BCUT2D eigenvalue weighted by Gasteiger charge is -2.24. The van der Waals surface area contributed by atoms with E-state index in [1.165, 1.54) is 24.0 Å². The van der Waals surface area contributed by atoms with E-state index in [1.54, 1.807) is 0 Å². The minimum absolute atomic E-state index is 0.480. The van der Waals surface area contributed by atoms with E-state index in [0.717, 1.165) is 13.1 Å². The zero-order valence-electron chi connectivity index (χ0n) is 12.5. The Balaban J connectivity index is 1.71. The van der Waals surface area contributed by atoms with E-state index >= 15 is 0 Å². The van der Waals surface area contributed by atoms with Gasteiger partial charge in [-0.15, -0.1) is 0 Å². The van der Waals surface area contributed by atoms with Crippen molar-refractivity contribution >= 4 is 0 Å². The van der Waals surface area contributed by atoms with Crippen LogP contribution in [0.4, 0.5) is 0 Å². The highest BCUT2D eigenvalue weighted by Crippen LogP contribution is 2.33. The normalized spacial score (nSPS) is 18.8. The summed E-state index contributed by atoms with van der Waals surface area (Å²) >= 11 is 0. The highest BCUT2D eigenvalue weighted by molar-refractivity contribution is 5.22. The third kappa shape index (κ3) is 3.42. The van der Waals surface area contributed by atoms with Crippen LogP contribution in [0.15, 0.2) is 48.7 Å². The molecule has 1 unspecified atom stereocenters. The molecule has 0 aliphatic carbocycles. The summed E-state index contributed by atoms with van der Waals surface area (Å²) in [6, 6.07) is 15.3. The van der Waals surface area contributed by atoms with Crippen molar-refractivity contribution in [2.75, 3.05) is 13.2 Å². The molecule has 0 spiro atoms. The molecule has 0 radical (unpaired) electrons. The predicted octanol–water partition coefficient (Wildman–Crippen LogP) is 3.82. The van der Waals surface area contributed by atoms with Gasteiger partial charge in [0.25, 0.3) is 0 Å².